The van der Waals surface area contributed by atoms with E-state index in [1.54, 1.807) is 6.20 Å². The van der Waals surface area contributed by atoms with Gasteiger partial charge < -0.3 is 14.4 Å². The summed E-state index contributed by atoms with van der Waals surface area (Å²) >= 11 is 0. The molecule has 8 heteroatoms. The molecule has 0 unspecified atom stereocenters. The number of nitrogens with zero attached hydrogens (tertiary/aromatic N) is 3. The van der Waals surface area contributed by atoms with Gasteiger partial charge in [-0.1, -0.05) is 35.5 Å². The van der Waals surface area contributed by atoms with Crippen LogP contribution in [0.15, 0.2) is 59.6 Å². The topological polar surface area (TPSA) is 102 Å². The molecule has 3 aromatic rings. The SMILES string of the molecule is O=C(NCCCn1ccnc1-c1ccccc1)C(=O)Nc1ccon1. The number of amides is 2. The molecular formula is C17H17N5O3. The maximum absolute atomic E-state index is 11.7. The minimum Gasteiger partial charge on any atom is -0.363 e. The quantitative estimate of drug-likeness (QED) is 0.525. The van der Waals surface area contributed by atoms with Gasteiger partial charge in [0.05, 0.1) is 0 Å². The van der Waals surface area contributed by atoms with Crippen LogP contribution in [0.4, 0.5) is 5.82 Å². The van der Waals surface area contributed by atoms with Crippen LogP contribution >= 0.6 is 0 Å². The number of nitrogens with one attached hydrogen (secondary N) is 2. The van der Waals surface area contributed by atoms with Gasteiger partial charge in [0.2, 0.25) is 0 Å². The number of hydrogen-bond acceptors (Lipinski definition) is 5. The van der Waals surface area contributed by atoms with Crippen molar-refractivity contribution in [3.05, 3.63) is 55.1 Å². The summed E-state index contributed by atoms with van der Waals surface area (Å²) in [6.07, 6.45) is 5.61. The Bertz CT molecular complexity index is 827. The molecule has 0 aliphatic carbocycles. The van der Waals surface area contributed by atoms with Crippen molar-refractivity contribution < 1.29 is 14.1 Å². The van der Waals surface area contributed by atoms with Crippen molar-refractivity contribution in [2.45, 2.75) is 13.0 Å². The highest BCUT2D eigenvalue weighted by molar-refractivity contribution is 6.39. The molecule has 1 aromatic carbocycles. The Morgan fingerprint density at radius 2 is 1.96 bits per heavy atom. The Morgan fingerprint density at radius 1 is 1.12 bits per heavy atom. The Morgan fingerprint density at radius 3 is 2.72 bits per heavy atom. The number of hydrogen-bond donors (Lipinski definition) is 2. The average molecular weight is 339 g/mol. The summed E-state index contributed by atoms with van der Waals surface area (Å²) in [5, 5.41) is 8.42. The van der Waals surface area contributed by atoms with Gasteiger partial charge in [0, 0.05) is 37.1 Å². The largest absolute Gasteiger partial charge is 0.363 e. The molecule has 2 N–H and O–H groups in total. The van der Waals surface area contributed by atoms with Crippen LogP contribution in [0.2, 0.25) is 0 Å². The Kier molecular flexibility index (Phi) is 5.20. The van der Waals surface area contributed by atoms with E-state index in [-0.39, 0.29) is 5.82 Å². The second-order valence-electron chi connectivity index (χ2n) is 5.26. The van der Waals surface area contributed by atoms with Gasteiger partial charge >= 0.3 is 11.8 Å². The minimum absolute atomic E-state index is 0.200. The molecule has 2 heterocycles. The highest BCUT2D eigenvalue weighted by atomic mass is 16.5. The smallest absolute Gasteiger partial charge is 0.314 e. The van der Waals surface area contributed by atoms with E-state index in [0.29, 0.717) is 19.5 Å². The fourth-order valence-corrected chi connectivity index (χ4v) is 2.32. The number of carbonyl (C=O) groups is 2. The summed E-state index contributed by atoms with van der Waals surface area (Å²) in [5.41, 5.74) is 1.03. The number of carbonyl (C=O) groups excluding carboxylic acids is 2. The van der Waals surface area contributed by atoms with Gasteiger partial charge in [-0.15, -0.1) is 0 Å². The normalized spacial score (nSPS) is 10.4. The predicted octanol–water partition coefficient (Wildman–Crippen LogP) is 1.68. The van der Waals surface area contributed by atoms with Gasteiger partial charge in [0.15, 0.2) is 5.82 Å². The lowest BCUT2D eigenvalue weighted by Crippen LogP contribution is -2.36. The molecule has 2 aromatic heterocycles. The summed E-state index contributed by atoms with van der Waals surface area (Å²) in [7, 11) is 0. The standard InChI is InChI=1S/C17H17N5O3/c23-16(17(24)20-14-7-12-25-21-14)19-8-4-10-22-11-9-18-15(22)13-5-2-1-3-6-13/h1-3,5-7,9,11-12H,4,8,10H2,(H,19,23)(H,20,21,24). The first-order chi connectivity index (χ1) is 12.2. The van der Waals surface area contributed by atoms with E-state index in [1.165, 1.54) is 12.3 Å². The molecule has 0 spiro atoms. The molecule has 0 saturated heterocycles. The third-order valence-corrected chi connectivity index (χ3v) is 3.49. The number of benzene rings is 1. The molecular weight excluding hydrogens is 322 g/mol. The molecule has 8 nitrogen and oxygen atoms in total. The van der Waals surface area contributed by atoms with Crippen molar-refractivity contribution in [2.24, 2.45) is 0 Å². The van der Waals surface area contributed by atoms with Crippen molar-refractivity contribution in [2.75, 3.05) is 11.9 Å². The van der Waals surface area contributed by atoms with Gasteiger partial charge in [0.25, 0.3) is 0 Å². The number of imidazole rings is 1. The van der Waals surface area contributed by atoms with E-state index in [9.17, 15) is 9.59 Å². The minimum atomic E-state index is -0.776. The van der Waals surface area contributed by atoms with Gasteiger partial charge in [-0.3, -0.25) is 14.9 Å². The van der Waals surface area contributed by atoms with Gasteiger partial charge in [-0.25, -0.2) is 4.98 Å². The number of aryl methyl sites for hydroxylation is 1. The van der Waals surface area contributed by atoms with Crippen LogP contribution < -0.4 is 10.6 Å². The molecule has 0 saturated carbocycles. The van der Waals surface area contributed by atoms with E-state index in [4.69, 9.17) is 0 Å². The molecule has 0 atom stereocenters. The second kappa shape index (κ2) is 7.91. The lowest BCUT2D eigenvalue weighted by atomic mass is 10.2. The van der Waals surface area contributed by atoms with Crippen molar-refractivity contribution in [1.29, 1.82) is 0 Å². The molecule has 128 valence electrons. The molecule has 0 bridgehead atoms. The van der Waals surface area contributed by atoms with Crippen LogP contribution in [0, 0.1) is 0 Å². The van der Waals surface area contributed by atoms with Crippen molar-refractivity contribution in [1.82, 2.24) is 20.0 Å². The van der Waals surface area contributed by atoms with Crippen molar-refractivity contribution in [3.63, 3.8) is 0 Å². The van der Waals surface area contributed by atoms with Gasteiger partial charge in [-0.2, -0.15) is 0 Å². The fourth-order valence-electron chi connectivity index (χ4n) is 2.32. The highest BCUT2D eigenvalue weighted by Crippen LogP contribution is 2.16. The van der Waals surface area contributed by atoms with E-state index in [1.807, 2.05) is 41.1 Å². The van der Waals surface area contributed by atoms with E-state index >= 15 is 0 Å². The van der Waals surface area contributed by atoms with Crippen molar-refractivity contribution >= 4 is 17.6 Å². The zero-order valence-corrected chi connectivity index (χ0v) is 13.4. The Hall–Kier alpha value is -3.42. The third-order valence-electron chi connectivity index (χ3n) is 3.49. The first-order valence-electron chi connectivity index (χ1n) is 7.80. The zero-order chi connectivity index (χ0) is 17.5. The molecule has 0 aliphatic heterocycles. The first kappa shape index (κ1) is 16.4. The molecule has 3 rings (SSSR count). The summed E-state index contributed by atoms with van der Waals surface area (Å²) in [6.45, 7) is 1.05. The maximum Gasteiger partial charge on any atom is 0.314 e. The monoisotopic (exact) mass is 339 g/mol. The highest BCUT2D eigenvalue weighted by Gasteiger charge is 2.14. The number of aromatic nitrogens is 3. The Labute approximate surface area is 143 Å². The fraction of sp³-hybridized carbons (Fsp3) is 0.176. The van der Waals surface area contributed by atoms with Crippen LogP contribution in [0.1, 0.15) is 6.42 Å². The molecule has 25 heavy (non-hydrogen) atoms. The number of rotatable bonds is 6. The second-order valence-corrected chi connectivity index (χ2v) is 5.26. The molecule has 2 amide bonds. The van der Waals surface area contributed by atoms with Crippen LogP contribution in [0.5, 0.6) is 0 Å². The van der Waals surface area contributed by atoms with Crippen LogP contribution in [-0.4, -0.2) is 33.1 Å². The predicted molar refractivity (Wildman–Crippen MR) is 90.4 cm³/mol. The van der Waals surface area contributed by atoms with E-state index in [2.05, 4.69) is 25.3 Å². The van der Waals surface area contributed by atoms with E-state index in [0.717, 1.165) is 11.4 Å². The third kappa shape index (κ3) is 4.31. The summed E-state index contributed by atoms with van der Waals surface area (Å²) in [6, 6.07) is 11.3. The molecule has 0 radical (unpaired) electrons. The lowest BCUT2D eigenvalue weighted by molar-refractivity contribution is -0.136. The van der Waals surface area contributed by atoms with Crippen molar-refractivity contribution in [3.8, 4) is 11.4 Å². The average Bonchev–Trinajstić information content (AvgIpc) is 3.31. The summed E-state index contributed by atoms with van der Waals surface area (Å²) in [4.78, 5) is 27.7. The van der Waals surface area contributed by atoms with Crippen LogP contribution in [0.3, 0.4) is 0 Å². The van der Waals surface area contributed by atoms with Gasteiger partial charge in [-0.05, 0) is 6.42 Å². The van der Waals surface area contributed by atoms with E-state index < -0.39 is 11.8 Å². The zero-order valence-electron chi connectivity index (χ0n) is 13.4. The van der Waals surface area contributed by atoms with Crippen LogP contribution in [0.25, 0.3) is 11.4 Å². The molecule has 0 aliphatic rings. The lowest BCUT2D eigenvalue weighted by Gasteiger charge is -2.08. The molecule has 0 fully saturated rings. The Balaban J connectivity index is 1.45. The summed E-state index contributed by atoms with van der Waals surface area (Å²) < 4.78 is 6.59. The summed E-state index contributed by atoms with van der Waals surface area (Å²) in [5.74, 6) is -0.416. The maximum atomic E-state index is 11.7. The number of anilines is 1. The first-order valence-corrected chi connectivity index (χ1v) is 7.80. The van der Waals surface area contributed by atoms with Crippen LogP contribution in [-0.2, 0) is 16.1 Å². The van der Waals surface area contributed by atoms with Gasteiger partial charge in [0.1, 0.15) is 12.1 Å².